The highest BCUT2D eigenvalue weighted by molar-refractivity contribution is 6.17. The Labute approximate surface area is 311 Å². The molecule has 0 fully saturated rings. The summed E-state index contributed by atoms with van der Waals surface area (Å²) in [4.78, 5) is 4.67. The lowest BCUT2D eigenvalue weighted by molar-refractivity contribution is 0.668. The first kappa shape index (κ1) is 30.3. The van der Waals surface area contributed by atoms with Gasteiger partial charge in [0.05, 0.1) is 0 Å². The van der Waals surface area contributed by atoms with E-state index in [9.17, 15) is 0 Å². The van der Waals surface area contributed by atoms with Crippen LogP contribution in [0.4, 0.5) is 34.1 Å². The fourth-order valence-electron chi connectivity index (χ4n) is 8.07. The van der Waals surface area contributed by atoms with Crippen molar-refractivity contribution < 1.29 is 8.83 Å². The summed E-state index contributed by atoms with van der Waals surface area (Å²) >= 11 is 0. The monoisotopic (exact) mass is 692 g/mol. The standard InChI is InChI=1S/C50H32N2O2/c1-3-12-35(13-4-1)51(39-25-24-33-22-23-34-28-50-46(32-44(34)43(33)30-39)42-19-8-10-21-48(42)54-50)37-16-11-17-38(29-37)52(36-14-5-2-6-15-36)40-26-27-49-45(31-40)41-18-7-9-20-47(41)53-49/h1-32H. The van der Waals surface area contributed by atoms with Crippen LogP contribution in [0.25, 0.3) is 65.4 Å². The molecule has 0 saturated carbocycles. The Balaban J connectivity index is 1.09. The van der Waals surface area contributed by atoms with Crippen molar-refractivity contribution in [3.8, 4) is 0 Å². The number of furan rings is 2. The van der Waals surface area contributed by atoms with E-state index in [2.05, 4.69) is 180 Å². The Hall–Kier alpha value is -7.30. The topological polar surface area (TPSA) is 32.8 Å². The summed E-state index contributed by atoms with van der Waals surface area (Å²) < 4.78 is 12.5. The minimum Gasteiger partial charge on any atom is -0.456 e. The molecule has 4 nitrogen and oxygen atoms in total. The van der Waals surface area contributed by atoms with Crippen molar-refractivity contribution in [2.45, 2.75) is 0 Å². The second-order valence-corrected chi connectivity index (χ2v) is 13.8. The summed E-state index contributed by atoms with van der Waals surface area (Å²) in [5, 5.41) is 9.21. The van der Waals surface area contributed by atoms with Gasteiger partial charge in [0.2, 0.25) is 0 Å². The average Bonchev–Trinajstić information content (AvgIpc) is 3.79. The van der Waals surface area contributed by atoms with E-state index in [1.807, 2.05) is 24.3 Å². The number of fused-ring (bicyclic) bond motifs is 9. The van der Waals surface area contributed by atoms with Crippen LogP contribution in [0.2, 0.25) is 0 Å². The lowest BCUT2D eigenvalue weighted by Gasteiger charge is -2.29. The summed E-state index contributed by atoms with van der Waals surface area (Å²) in [5.74, 6) is 0. The van der Waals surface area contributed by atoms with Crippen LogP contribution >= 0.6 is 0 Å². The van der Waals surface area contributed by atoms with Crippen LogP contribution in [0.3, 0.4) is 0 Å². The first-order valence-corrected chi connectivity index (χ1v) is 18.2. The van der Waals surface area contributed by atoms with E-state index in [1.165, 1.54) is 16.2 Å². The Kier molecular flexibility index (Phi) is 6.82. The van der Waals surface area contributed by atoms with Gasteiger partial charge in [0.25, 0.3) is 0 Å². The van der Waals surface area contributed by atoms with Crippen molar-refractivity contribution in [3.63, 3.8) is 0 Å². The molecule has 9 aromatic carbocycles. The molecule has 0 aliphatic heterocycles. The first-order chi connectivity index (χ1) is 26.7. The normalized spacial score (nSPS) is 11.7. The highest BCUT2D eigenvalue weighted by atomic mass is 16.3. The molecule has 254 valence electrons. The summed E-state index contributed by atoms with van der Waals surface area (Å²) in [6, 6.07) is 68.7. The van der Waals surface area contributed by atoms with Crippen molar-refractivity contribution in [2.75, 3.05) is 9.80 Å². The zero-order valence-corrected chi connectivity index (χ0v) is 29.2. The smallest absolute Gasteiger partial charge is 0.136 e. The predicted molar refractivity (Wildman–Crippen MR) is 225 cm³/mol. The zero-order chi connectivity index (χ0) is 35.6. The van der Waals surface area contributed by atoms with E-state index in [4.69, 9.17) is 8.83 Å². The molecular weight excluding hydrogens is 661 g/mol. The number of anilines is 6. The fourth-order valence-corrected chi connectivity index (χ4v) is 8.07. The third-order valence-corrected chi connectivity index (χ3v) is 10.6. The van der Waals surface area contributed by atoms with E-state index >= 15 is 0 Å². The van der Waals surface area contributed by atoms with Crippen LogP contribution in [-0.2, 0) is 0 Å². The Morgan fingerprint density at radius 2 is 0.685 bits per heavy atom. The van der Waals surface area contributed by atoms with Gasteiger partial charge >= 0.3 is 0 Å². The van der Waals surface area contributed by atoms with E-state index in [0.717, 1.165) is 83.4 Å². The number of benzene rings is 9. The lowest BCUT2D eigenvalue weighted by Crippen LogP contribution is -2.13. The van der Waals surface area contributed by atoms with Crippen LogP contribution < -0.4 is 9.80 Å². The molecular formula is C50H32N2O2. The van der Waals surface area contributed by atoms with Crippen LogP contribution in [0.1, 0.15) is 0 Å². The molecule has 0 spiro atoms. The molecule has 0 bridgehead atoms. The van der Waals surface area contributed by atoms with Gasteiger partial charge in [-0.25, -0.2) is 0 Å². The molecule has 0 N–H and O–H groups in total. The van der Waals surface area contributed by atoms with Gasteiger partial charge in [0, 0.05) is 55.7 Å². The lowest BCUT2D eigenvalue weighted by atomic mass is 9.99. The van der Waals surface area contributed by atoms with Crippen LogP contribution in [0, 0.1) is 0 Å². The molecule has 11 aromatic rings. The maximum atomic E-state index is 6.26. The number of hydrogen-bond donors (Lipinski definition) is 0. The van der Waals surface area contributed by atoms with Gasteiger partial charge in [-0.2, -0.15) is 0 Å². The maximum Gasteiger partial charge on any atom is 0.136 e. The van der Waals surface area contributed by atoms with Crippen molar-refractivity contribution in [2.24, 2.45) is 0 Å². The second-order valence-electron chi connectivity index (χ2n) is 13.8. The highest BCUT2D eigenvalue weighted by Gasteiger charge is 2.19. The molecule has 4 heteroatoms. The minimum absolute atomic E-state index is 0.877. The summed E-state index contributed by atoms with van der Waals surface area (Å²) in [7, 11) is 0. The van der Waals surface area contributed by atoms with E-state index in [0.29, 0.717) is 0 Å². The van der Waals surface area contributed by atoms with E-state index < -0.39 is 0 Å². The first-order valence-electron chi connectivity index (χ1n) is 18.2. The van der Waals surface area contributed by atoms with Gasteiger partial charge in [0.15, 0.2) is 0 Å². The summed E-state index contributed by atoms with van der Waals surface area (Å²) in [6.07, 6.45) is 0. The van der Waals surface area contributed by atoms with Crippen molar-refractivity contribution in [3.05, 3.63) is 194 Å². The Morgan fingerprint density at radius 1 is 0.241 bits per heavy atom. The molecule has 0 radical (unpaired) electrons. The molecule has 0 aliphatic rings. The predicted octanol–water partition coefficient (Wildman–Crippen LogP) is 14.7. The second kappa shape index (κ2) is 12.1. The molecule has 0 unspecified atom stereocenters. The third kappa shape index (κ3) is 4.92. The number of rotatable bonds is 6. The van der Waals surface area contributed by atoms with Crippen LogP contribution in [0.5, 0.6) is 0 Å². The van der Waals surface area contributed by atoms with Crippen molar-refractivity contribution in [1.82, 2.24) is 0 Å². The Morgan fingerprint density at radius 3 is 1.35 bits per heavy atom. The van der Waals surface area contributed by atoms with Gasteiger partial charge in [0.1, 0.15) is 22.3 Å². The largest absolute Gasteiger partial charge is 0.456 e. The van der Waals surface area contributed by atoms with Gasteiger partial charge in [-0.3, -0.25) is 0 Å². The van der Waals surface area contributed by atoms with Crippen LogP contribution in [0.15, 0.2) is 203 Å². The zero-order valence-electron chi connectivity index (χ0n) is 29.2. The highest BCUT2D eigenvalue weighted by Crippen LogP contribution is 2.43. The van der Waals surface area contributed by atoms with Gasteiger partial charge < -0.3 is 18.6 Å². The molecule has 2 heterocycles. The number of para-hydroxylation sites is 4. The molecule has 0 amide bonds. The van der Waals surface area contributed by atoms with E-state index in [-0.39, 0.29) is 0 Å². The van der Waals surface area contributed by atoms with Crippen molar-refractivity contribution >= 4 is 99.5 Å². The summed E-state index contributed by atoms with van der Waals surface area (Å²) in [6.45, 7) is 0. The maximum absolute atomic E-state index is 6.26. The quantitative estimate of drug-likeness (QED) is 0.162. The van der Waals surface area contributed by atoms with Crippen LogP contribution in [-0.4, -0.2) is 0 Å². The fraction of sp³-hybridized carbons (Fsp3) is 0. The molecule has 0 atom stereocenters. The van der Waals surface area contributed by atoms with Gasteiger partial charge in [-0.15, -0.1) is 0 Å². The van der Waals surface area contributed by atoms with Crippen molar-refractivity contribution in [1.29, 1.82) is 0 Å². The van der Waals surface area contributed by atoms with E-state index in [1.54, 1.807) is 0 Å². The number of hydrogen-bond acceptors (Lipinski definition) is 4. The van der Waals surface area contributed by atoms with Gasteiger partial charge in [-0.1, -0.05) is 97.1 Å². The molecule has 11 rings (SSSR count). The summed E-state index contributed by atoms with van der Waals surface area (Å²) in [5.41, 5.74) is 9.97. The third-order valence-electron chi connectivity index (χ3n) is 10.6. The number of nitrogens with zero attached hydrogens (tertiary/aromatic N) is 2. The SMILES string of the molecule is c1ccc(N(c2cccc(N(c3ccccc3)c3ccc4oc5ccccc5c4c3)c2)c2ccc3ccc4cc5oc6ccccc6c5cc4c3c2)cc1. The molecule has 54 heavy (non-hydrogen) atoms. The molecule has 0 aliphatic carbocycles. The minimum atomic E-state index is 0.877. The van der Waals surface area contributed by atoms with Gasteiger partial charge in [-0.05, 0) is 119 Å². The Bertz CT molecular complexity index is 3180. The molecule has 0 saturated heterocycles. The molecule has 2 aromatic heterocycles. The average molecular weight is 693 g/mol.